The Morgan fingerprint density at radius 3 is 1.70 bits per heavy atom. The molecule has 6 aromatic carbocycles. The Morgan fingerprint density at radius 1 is 0.500 bits per heavy atom. The molecule has 0 unspecified atom stereocenters. The first-order chi connectivity index (χ1) is 33.3. The van der Waals surface area contributed by atoms with Crippen molar-refractivity contribution in [1.29, 1.82) is 0 Å². The topological polar surface area (TPSA) is 51.8 Å². The van der Waals surface area contributed by atoms with Crippen LogP contribution in [0.4, 0.5) is 4.39 Å². The van der Waals surface area contributed by atoms with Crippen LogP contribution in [0.15, 0.2) is 199 Å². The van der Waals surface area contributed by atoms with Crippen molar-refractivity contribution in [1.82, 2.24) is 15.0 Å². The van der Waals surface area contributed by atoms with Crippen LogP contribution in [0.3, 0.4) is 0 Å². The first-order valence-corrected chi connectivity index (χ1v) is 27.6. The zero-order chi connectivity index (χ0) is 48.5. The third-order valence-electron chi connectivity index (χ3n) is 12.2. The second kappa shape index (κ2) is 23.3. The van der Waals surface area contributed by atoms with E-state index < -0.39 is 8.07 Å². The maximum atomic E-state index is 14.3. The Morgan fingerprint density at radius 2 is 1.09 bits per heavy atom. The largest absolute Gasteiger partial charge is 0.455 e. The van der Waals surface area contributed by atoms with E-state index in [-0.39, 0.29) is 25.9 Å². The molecule has 1 radical (unpaired) electrons. The molecule has 0 bridgehead atoms. The molecule has 0 aliphatic carbocycles. The molecule has 0 saturated heterocycles. The first-order valence-electron chi connectivity index (χ1n) is 24.1. The molecule has 0 saturated carbocycles. The maximum absolute atomic E-state index is 14.3. The van der Waals surface area contributed by atoms with Crippen LogP contribution >= 0.6 is 0 Å². The van der Waals surface area contributed by atoms with E-state index in [1.807, 2.05) is 85.2 Å². The fourth-order valence-electron chi connectivity index (χ4n) is 8.87. The number of halogens is 1. The average Bonchev–Trinajstić information content (AvgIpc) is 3.73. The summed E-state index contributed by atoms with van der Waals surface area (Å²) in [6, 6.07) is 58.5. The van der Waals surface area contributed by atoms with Gasteiger partial charge in [0.1, 0.15) is 17.0 Å². The molecule has 4 heterocycles. The quantitative estimate of drug-likeness (QED) is 0.128. The van der Waals surface area contributed by atoms with E-state index in [2.05, 4.69) is 150 Å². The van der Waals surface area contributed by atoms with Crippen LogP contribution in [0.5, 0.6) is 0 Å². The van der Waals surface area contributed by atoms with E-state index in [0.717, 1.165) is 79.7 Å². The summed E-state index contributed by atoms with van der Waals surface area (Å²) in [4.78, 5) is 13.9. The SMILES string of the molecule is CC(C)Cc1cc(-c2ccccc2)ncc1[Si](C)(C)C.CC(C)Cc1ccnc(-c2ccccc2)c1.Cc1cc(-c2cccc3c2oc2cc(-c4ccccc4F)ccc23)ncc1-c1ccccc1.[Ir]. The number of pyridine rings is 3. The maximum Gasteiger partial charge on any atom is 0.144 e. The molecule has 0 atom stereocenters. The number of nitrogens with zero attached hydrogens (tertiary/aromatic N) is 3. The van der Waals surface area contributed by atoms with Crippen molar-refractivity contribution < 1.29 is 28.9 Å². The molecule has 10 rings (SSSR count). The van der Waals surface area contributed by atoms with Gasteiger partial charge in [-0.3, -0.25) is 15.0 Å². The zero-order valence-corrected chi connectivity index (χ0v) is 44.9. The predicted octanol–water partition coefficient (Wildman–Crippen LogP) is 16.9. The molecule has 0 amide bonds. The summed E-state index contributed by atoms with van der Waals surface area (Å²) in [6.07, 6.45) is 8.22. The molecule has 4 nitrogen and oxygen atoms in total. The average molecular weight is 1120 g/mol. The molecule has 0 spiro atoms. The predicted molar refractivity (Wildman–Crippen MR) is 292 cm³/mol. The molecular weight excluding hydrogens is 1050 g/mol. The van der Waals surface area contributed by atoms with Gasteiger partial charge in [-0.2, -0.15) is 0 Å². The van der Waals surface area contributed by atoms with Gasteiger partial charge in [-0.15, -0.1) is 0 Å². The van der Waals surface area contributed by atoms with Crippen molar-refractivity contribution in [3.63, 3.8) is 0 Å². The summed E-state index contributed by atoms with van der Waals surface area (Å²) in [5.74, 6) is 1.12. The minimum atomic E-state index is -1.33. The monoisotopic (exact) mass is 1120 g/mol. The molecule has 4 aromatic heterocycles. The Labute approximate surface area is 428 Å². The number of para-hydroxylation sites is 1. The van der Waals surface area contributed by atoms with Crippen LogP contribution in [-0.4, -0.2) is 23.0 Å². The Hall–Kier alpha value is -6.63. The van der Waals surface area contributed by atoms with Crippen molar-refractivity contribution in [3.8, 4) is 56.0 Å². The van der Waals surface area contributed by atoms with Crippen LogP contribution in [-0.2, 0) is 32.9 Å². The second-order valence-electron chi connectivity index (χ2n) is 19.7. The molecule has 0 fully saturated rings. The van der Waals surface area contributed by atoms with Gasteiger partial charge in [0.25, 0.3) is 0 Å². The van der Waals surface area contributed by atoms with Gasteiger partial charge < -0.3 is 4.42 Å². The molecule has 0 N–H and O–H groups in total. The summed E-state index contributed by atoms with van der Waals surface area (Å²) in [7, 11) is -1.33. The van der Waals surface area contributed by atoms with Gasteiger partial charge in [0.05, 0.1) is 25.2 Å². The van der Waals surface area contributed by atoms with Gasteiger partial charge in [-0.1, -0.05) is 175 Å². The van der Waals surface area contributed by atoms with Crippen molar-refractivity contribution in [3.05, 3.63) is 217 Å². The first kappa shape index (κ1) is 51.2. The fraction of sp³-hybridized carbons (Fsp3) is 0.190. The number of fused-ring (bicyclic) bond motifs is 3. The molecule has 0 aliphatic heterocycles. The van der Waals surface area contributed by atoms with Crippen LogP contribution in [0.2, 0.25) is 19.6 Å². The normalized spacial score (nSPS) is 11.2. The number of hydrogen-bond donors (Lipinski definition) is 0. The molecule has 355 valence electrons. The number of aromatic nitrogens is 3. The second-order valence-corrected chi connectivity index (χ2v) is 24.7. The van der Waals surface area contributed by atoms with E-state index in [0.29, 0.717) is 17.4 Å². The van der Waals surface area contributed by atoms with Gasteiger partial charge in [0, 0.05) is 77.3 Å². The smallest absolute Gasteiger partial charge is 0.144 e. The Bertz CT molecular complexity index is 3290. The Balaban J connectivity index is 0.000000167. The van der Waals surface area contributed by atoms with Crippen LogP contribution in [0, 0.1) is 24.6 Å². The summed E-state index contributed by atoms with van der Waals surface area (Å²) in [5.41, 5.74) is 15.5. The number of aryl methyl sites for hydroxylation is 1. The van der Waals surface area contributed by atoms with Gasteiger partial charge in [0.2, 0.25) is 0 Å². The third kappa shape index (κ3) is 12.6. The van der Waals surface area contributed by atoms with Gasteiger partial charge >= 0.3 is 0 Å². The molecule has 0 aliphatic rings. The van der Waals surface area contributed by atoms with Crippen LogP contribution < -0.4 is 5.19 Å². The van der Waals surface area contributed by atoms with Crippen molar-refractivity contribution in [2.75, 3.05) is 0 Å². The van der Waals surface area contributed by atoms with Gasteiger partial charge in [-0.05, 0) is 113 Å². The minimum absolute atomic E-state index is 0. The number of furan rings is 1. The molecular formula is C63H62FIrN3OSi. The van der Waals surface area contributed by atoms with Crippen LogP contribution in [0.25, 0.3) is 78.0 Å². The summed E-state index contributed by atoms with van der Waals surface area (Å²) in [5, 5.41) is 3.53. The summed E-state index contributed by atoms with van der Waals surface area (Å²) < 4.78 is 20.7. The number of rotatable bonds is 10. The van der Waals surface area contributed by atoms with Crippen molar-refractivity contribution in [2.24, 2.45) is 11.8 Å². The van der Waals surface area contributed by atoms with Gasteiger partial charge in [0.15, 0.2) is 0 Å². The van der Waals surface area contributed by atoms with Crippen molar-refractivity contribution in [2.45, 2.75) is 67.1 Å². The zero-order valence-electron chi connectivity index (χ0n) is 41.5. The standard InChI is InChI=1S/C30H20FNO.C18H25NSi.C15H17N.Ir/c1-19-16-28(32-18-26(19)20-8-3-2-4-9-20)25-12-7-11-24-23-15-14-21(17-29(23)33-30(24)25)22-10-5-6-13-27(22)31;1-14(2)11-16-12-17(15-9-7-6-8-10-15)19-13-18(16)20(3,4)5;1-12(2)10-13-8-9-16-15(11-13)14-6-4-3-5-7-14;/h2-18H,1H3;6-10,12-14H,11H2,1-5H3;3-9,11-12H,10H2,1-2H3;. The van der Waals surface area contributed by atoms with Crippen molar-refractivity contribution >= 4 is 35.2 Å². The third-order valence-corrected chi connectivity index (χ3v) is 14.3. The van der Waals surface area contributed by atoms with E-state index in [4.69, 9.17) is 14.4 Å². The molecule has 7 heteroatoms. The summed E-state index contributed by atoms with van der Waals surface area (Å²) in [6.45, 7) is 18.4. The molecule has 70 heavy (non-hydrogen) atoms. The number of benzene rings is 6. The Kier molecular flexibility index (Phi) is 17.1. The van der Waals surface area contributed by atoms with Gasteiger partial charge in [-0.25, -0.2) is 4.39 Å². The van der Waals surface area contributed by atoms with E-state index in [1.165, 1.54) is 33.5 Å². The molecule has 10 aromatic rings. The van der Waals surface area contributed by atoms with Crippen LogP contribution in [0.1, 0.15) is 44.4 Å². The van der Waals surface area contributed by atoms with E-state index in [1.54, 1.807) is 12.1 Å². The fourth-order valence-corrected chi connectivity index (χ4v) is 10.5. The minimum Gasteiger partial charge on any atom is -0.455 e. The summed E-state index contributed by atoms with van der Waals surface area (Å²) >= 11 is 0. The number of hydrogen-bond acceptors (Lipinski definition) is 4. The van der Waals surface area contributed by atoms with E-state index >= 15 is 0 Å². The van der Waals surface area contributed by atoms with E-state index in [9.17, 15) is 4.39 Å².